The Bertz CT molecular complexity index is 948. The van der Waals surface area contributed by atoms with Crippen molar-refractivity contribution in [1.82, 2.24) is 10.2 Å². The molecule has 0 fully saturated rings. The second-order valence-corrected chi connectivity index (χ2v) is 7.84. The molecular weight excluding hydrogens is 474 g/mol. The first-order valence-electron chi connectivity index (χ1n) is 10.1. The van der Waals surface area contributed by atoms with E-state index in [0.29, 0.717) is 16.7 Å². The zero-order valence-electron chi connectivity index (χ0n) is 17.9. The Kier molecular flexibility index (Phi) is 12.6. The Balaban J connectivity index is 0.00000240. The molecule has 3 nitrogen and oxygen atoms in total. The molecule has 0 aliphatic heterocycles. The lowest BCUT2D eigenvalue weighted by molar-refractivity contribution is 0.296. The zero-order chi connectivity index (χ0) is 20.6. The van der Waals surface area contributed by atoms with E-state index in [1.165, 1.54) is 16.3 Å². The van der Waals surface area contributed by atoms with Crippen LogP contribution in [0, 0.1) is 0 Å². The summed E-state index contributed by atoms with van der Waals surface area (Å²) in [7, 11) is 0. The average Bonchev–Trinajstić information content (AvgIpc) is 2.73. The van der Waals surface area contributed by atoms with Crippen LogP contribution >= 0.6 is 48.0 Å². The minimum absolute atomic E-state index is 0. The summed E-state index contributed by atoms with van der Waals surface area (Å²) in [5.74, 6) is 0.880. The molecule has 0 atom stereocenters. The highest BCUT2D eigenvalue weighted by atomic mass is 35.5. The molecule has 170 valence electrons. The third-order valence-electron chi connectivity index (χ3n) is 5.20. The van der Waals surface area contributed by atoms with Crippen LogP contribution in [0.4, 0.5) is 0 Å². The largest absolute Gasteiger partial charge is 0.488 e. The van der Waals surface area contributed by atoms with E-state index in [9.17, 15) is 0 Å². The topological polar surface area (TPSA) is 24.5 Å². The summed E-state index contributed by atoms with van der Waals surface area (Å²) in [5, 5.41) is 7.26. The highest BCUT2D eigenvalue weighted by molar-refractivity contribution is 6.35. The quantitative estimate of drug-likeness (QED) is 0.301. The number of halogens is 4. The van der Waals surface area contributed by atoms with Crippen molar-refractivity contribution in [2.24, 2.45) is 0 Å². The number of hydrogen-bond donors (Lipinski definition) is 1. The lowest BCUT2D eigenvalue weighted by Crippen LogP contribution is -2.31. The summed E-state index contributed by atoms with van der Waals surface area (Å²) in [5.41, 5.74) is 2.09. The van der Waals surface area contributed by atoms with Crippen LogP contribution in [-0.2, 0) is 13.2 Å². The standard InChI is InChI=1S/C24H28Cl2N2O.2ClH/c1-3-28(4-2)14-13-27-16-22-21-8-6-5-7-18(21)10-12-24(22)29-17-19-9-11-20(25)15-23(19)26;;/h5-12,15,27H,3-4,13-14,16-17H2,1-2H3;2*1H. The van der Waals surface area contributed by atoms with E-state index >= 15 is 0 Å². The smallest absolute Gasteiger partial charge is 0.124 e. The molecule has 3 rings (SSSR count). The van der Waals surface area contributed by atoms with Crippen molar-refractivity contribution in [3.05, 3.63) is 75.8 Å². The minimum atomic E-state index is 0. The van der Waals surface area contributed by atoms with Gasteiger partial charge in [-0.1, -0.05) is 73.4 Å². The maximum Gasteiger partial charge on any atom is 0.124 e. The molecule has 0 saturated carbocycles. The van der Waals surface area contributed by atoms with Crippen LogP contribution in [-0.4, -0.2) is 31.1 Å². The summed E-state index contributed by atoms with van der Waals surface area (Å²) >= 11 is 12.3. The molecule has 1 N–H and O–H groups in total. The lowest BCUT2D eigenvalue weighted by Gasteiger charge is -2.19. The Morgan fingerprint density at radius 1 is 0.935 bits per heavy atom. The summed E-state index contributed by atoms with van der Waals surface area (Å²) in [6.07, 6.45) is 0. The van der Waals surface area contributed by atoms with Crippen LogP contribution < -0.4 is 10.1 Å². The molecule has 31 heavy (non-hydrogen) atoms. The molecule has 0 amide bonds. The van der Waals surface area contributed by atoms with Crippen LogP contribution in [0.1, 0.15) is 25.0 Å². The Morgan fingerprint density at radius 3 is 2.39 bits per heavy atom. The number of ether oxygens (including phenoxy) is 1. The third-order valence-corrected chi connectivity index (χ3v) is 5.78. The molecule has 0 heterocycles. The SMILES string of the molecule is CCN(CC)CCNCc1c(OCc2ccc(Cl)cc2Cl)ccc2ccccc12.Cl.Cl. The molecule has 0 saturated heterocycles. The monoisotopic (exact) mass is 502 g/mol. The molecule has 0 aliphatic rings. The van der Waals surface area contributed by atoms with Crippen molar-refractivity contribution in [3.63, 3.8) is 0 Å². The Hall–Kier alpha value is -1.20. The van der Waals surface area contributed by atoms with Crippen LogP contribution in [0.2, 0.25) is 10.0 Å². The van der Waals surface area contributed by atoms with Crippen molar-refractivity contribution in [3.8, 4) is 5.75 Å². The van der Waals surface area contributed by atoms with Gasteiger partial charge in [0.1, 0.15) is 12.4 Å². The fourth-order valence-electron chi connectivity index (χ4n) is 3.42. The van der Waals surface area contributed by atoms with Gasteiger partial charge in [0.25, 0.3) is 0 Å². The Morgan fingerprint density at radius 2 is 1.68 bits per heavy atom. The number of fused-ring (bicyclic) bond motifs is 1. The zero-order valence-corrected chi connectivity index (χ0v) is 21.0. The van der Waals surface area contributed by atoms with Gasteiger partial charge in [0.2, 0.25) is 0 Å². The van der Waals surface area contributed by atoms with Gasteiger partial charge in [-0.05, 0) is 42.1 Å². The number of benzene rings is 3. The lowest BCUT2D eigenvalue weighted by atomic mass is 10.0. The molecule has 0 spiro atoms. The van der Waals surface area contributed by atoms with Gasteiger partial charge in [-0.3, -0.25) is 0 Å². The van der Waals surface area contributed by atoms with Gasteiger partial charge in [-0.2, -0.15) is 0 Å². The molecule has 0 unspecified atom stereocenters. The highest BCUT2D eigenvalue weighted by Crippen LogP contribution is 2.30. The number of hydrogen-bond acceptors (Lipinski definition) is 3. The maximum atomic E-state index is 6.31. The second-order valence-electron chi connectivity index (χ2n) is 6.99. The number of likely N-dealkylation sites (N-methyl/N-ethyl adjacent to an activating group) is 1. The molecule has 0 aliphatic carbocycles. The average molecular weight is 504 g/mol. The van der Waals surface area contributed by atoms with Gasteiger partial charge in [0.15, 0.2) is 0 Å². The maximum absolute atomic E-state index is 6.31. The van der Waals surface area contributed by atoms with E-state index in [-0.39, 0.29) is 24.8 Å². The van der Waals surface area contributed by atoms with E-state index in [0.717, 1.165) is 44.0 Å². The molecule has 3 aromatic rings. The predicted octanol–water partition coefficient (Wildman–Crippen LogP) is 7.00. The van der Waals surface area contributed by atoms with Gasteiger partial charge in [-0.25, -0.2) is 0 Å². The van der Waals surface area contributed by atoms with E-state index in [1.807, 2.05) is 18.2 Å². The molecule has 3 aromatic carbocycles. The fraction of sp³-hybridized carbons (Fsp3) is 0.333. The van der Waals surface area contributed by atoms with E-state index in [2.05, 4.69) is 54.4 Å². The van der Waals surface area contributed by atoms with Crippen LogP contribution in [0.3, 0.4) is 0 Å². The van der Waals surface area contributed by atoms with E-state index < -0.39 is 0 Å². The van der Waals surface area contributed by atoms with E-state index in [1.54, 1.807) is 6.07 Å². The van der Waals surface area contributed by atoms with Gasteiger partial charge >= 0.3 is 0 Å². The number of nitrogens with one attached hydrogen (secondary N) is 1. The van der Waals surface area contributed by atoms with Crippen LogP contribution in [0.5, 0.6) is 5.75 Å². The van der Waals surface area contributed by atoms with Crippen molar-refractivity contribution in [1.29, 1.82) is 0 Å². The molecule has 0 aromatic heterocycles. The summed E-state index contributed by atoms with van der Waals surface area (Å²) < 4.78 is 6.19. The predicted molar refractivity (Wildman–Crippen MR) is 139 cm³/mol. The summed E-state index contributed by atoms with van der Waals surface area (Å²) in [6.45, 7) is 9.67. The van der Waals surface area contributed by atoms with Gasteiger partial charge in [0.05, 0.1) is 0 Å². The molecule has 7 heteroatoms. The minimum Gasteiger partial charge on any atom is -0.488 e. The number of nitrogens with zero attached hydrogens (tertiary/aromatic N) is 1. The van der Waals surface area contributed by atoms with Crippen LogP contribution in [0.25, 0.3) is 10.8 Å². The third kappa shape index (κ3) is 7.71. The van der Waals surface area contributed by atoms with Gasteiger partial charge < -0.3 is 15.0 Å². The normalized spacial score (nSPS) is 10.6. The first kappa shape index (κ1) is 27.8. The van der Waals surface area contributed by atoms with Crippen molar-refractivity contribution in [2.75, 3.05) is 26.2 Å². The first-order valence-corrected chi connectivity index (χ1v) is 10.9. The molecule has 0 bridgehead atoms. The summed E-state index contributed by atoms with van der Waals surface area (Å²) in [4.78, 5) is 2.41. The number of rotatable bonds is 10. The van der Waals surface area contributed by atoms with Crippen molar-refractivity contribution < 1.29 is 4.74 Å². The molecular formula is C24H30Cl4N2O. The van der Waals surface area contributed by atoms with Gasteiger partial charge in [-0.15, -0.1) is 24.8 Å². The van der Waals surface area contributed by atoms with Crippen molar-refractivity contribution >= 4 is 58.8 Å². The highest BCUT2D eigenvalue weighted by Gasteiger charge is 2.10. The summed E-state index contributed by atoms with van der Waals surface area (Å²) in [6, 6.07) is 18.1. The molecule has 0 radical (unpaired) electrons. The first-order chi connectivity index (χ1) is 14.1. The van der Waals surface area contributed by atoms with E-state index in [4.69, 9.17) is 27.9 Å². The second kappa shape index (κ2) is 14.1. The Labute approximate surface area is 207 Å². The van der Waals surface area contributed by atoms with Gasteiger partial charge in [0, 0.05) is 40.8 Å². The van der Waals surface area contributed by atoms with Crippen LogP contribution in [0.15, 0.2) is 54.6 Å². The van der Waals surface area contributed by atoms with Crippen molar-refractivity contribution in [2.45, 2.75) is 27.0 Å². The fourth-order valence-corrected chi connectivity index (χ4v) is 3.88.